The second-order valence-corrected chi connectivity index (χ2v) is 5.00. The van der Waals surface area contributed by atoms with Crippen molar-refractivity contribution < 1.29 is 18.7 Å². The number of rotatable bonds is 4. The largest absolute Gasteiger partial charge is 0.497 e. The van der Waals surface area contributed by atoms with Gasteiger partial charge in [0.15, 0.2) is 0 Å². The van der Waals surface area contributed by atoms with Gasteiger partial charge in [-0.15, -0.1) is 0 Å². The average molecular weight is 354 g/mol. The number of amides is 1. The number of carbonyl (C=O) groups excluding carboxylic acids is 1. The number of methoxy groups -OCH3 is 2. The molecule has 0 aliphatic carbocycles. The molecule has 0 atom stereocenters. The van der Waals surface area contributed by atoms with E-state index >= 15 is 0 Å². The summed E-state index contributed by atoms with van der Waals surface area (Å²) in [5.41, 5.74) is 0.695. The maximum Gasteiger partial charge on any atom is 0.259 e. The Morgan fingerprint density at radius 2 is 1.90 bits per heavy atom. The predicted molar refractivity (Wildman–Crippen MR) is 81.6 cm³/mol. The molecular weight excluding hydrogens is 341 g/mol. The molecule has 4 nitrogen and oxygen atoms in total. The summed E-state index contributed by atoms with van der Waals surface area (Å²) in [6.07, 6.45) is 0. The Labute approximate surface area is 130 Å². The molecule has 1 amide bonds. The minimum atomic E-state index is -0.450. The number of anilines is 1. The molecule has 0 aliphatic rings. The molecule has 6 heteroatoms. The van der Waals surface area contributed by atoms with Crippen LogP contribution >= 0.6 is 15.9 Å². The third kappa shape index (κ3) is 3.52. The van der Waals surface area contributed by atoms with Crippen LogP contribution in [-0.4, -0.2) is 20.1 Å². The van der Waals surface area contributed by atoms with Crippen LogP contribution in [0.25, 0.3) is 0 Å². The third-order valence-corrected chi connectivity index (χ3v) is 3.47. The molecule has 0 heterocycles. The van der Waals surface area contributed by atoms with Gasteiger partial charge in [0.05, 0.1) is 24.3 Å². The highest BCUT2D eigenvalue weighted by Gasteiger charge is 2.14. The summed E-state index contributed by atoms with van der Waals surface area (Å²) in [5.74, 6) is 0.119. The van der Waals surface area contributed by atoms with E-state index in [9.17, 15) is 9.18 Å². The number of nitrogens with one attached hydrogen (secondary N) is 1. The van der Waals surface area contributed by atoms with Crippen LogP contribution in [0.1, 0.15) is 10.4 Å². The fourth-order valence-electron chi connectivity index (χ4n) is 1.76. The smallest absolute Gasteiger partial charge is 0.259 e. The summed E-state index contributed by atoms with van der Waals surface area (Å²) >= 11 is 3.06. The Bertz CT molecular complexity index is 676. The third-order valence-electron chi connectivity index (χ3n) is 2.83. The molecule has 21 heavy (non-hydrogen) atoms. The van der Waals surface area contributed by atoms with Gasteiger partial charge in [-0.1, -0.05) is 0 Å². The van der Waals surface area contributed by atoms with Gasteiger partial charge in [0, 0.05) is 11.8 Å². The molecule has 0 aliphatic heterocycles. The van der Waals surface area contributed by atoms with Crippen LogP contribution in [0, 0.1) is 5.82 Å². The lowest BCUT2D eigenvalue weighted by molar-refractivity contribution is 0.102. The molecule has 2 rings (SSSR count). The van der Waals surface area contributed by atoms with Gasteiger partial charge in [0.1, 0.15) is 17.3 Å². The highest BCUT2D eigenvalue weighted by molar-refractivity contribution is 9.10. The van der Waals surface area contributed by atoms with E-state index in [1.165, 1.54) is 26.4 Å². The Morgan fingerprint density at radius 1 is 1.14 bits per heavy atom. The molecule has 0 unspecified atom stereocenters. The zero-order chi connectivity index (χ0) is 15.4. The first-order valence-electron chi connectivity index (χ1n) is 6.03. The zero-order valence-electron chi connectivity index (χ0n) is 11.4. The molecule has 110 valence electrons. The van der Waals surface area contributed by atoms with Gasteiger partial charge >= 0.3 is 0 Å². The first-order chi connectivity index (χ1) is 10.0. The topological polar surface area (TPSA) is 47.6 Å². The summed E-state index contributed by atoms with van der Waals surface area (Å²) in [6, 6.07) is 9.20. The number of hydrogen-bond donors (Lipinski definition) is 1. The number of benzene rings is 2. The Kier molecular flexibility index (Phi) is 4.80. The van der Waals surface area contributed by atoms with Gasteiger partial charge in [-0.05, 0) is 46.3 Å². The van der Waals surface area contributed by atoms with Gasteiger partial charge in [-0.25, -0.2) is 4.39 Å². The standard InChI is InChI=1S/C15H13BrFNO3/c1-20-10-4-5-11(14(8-10)21-2)15(19)18-9-3-6-12(16)13(17)7-9/h3-8H,1-2H3,(H,18,19). The Morgan fingerprint density at radius 3 is 2.52 bits per heavy atom. The van der Waals surface area contributed by atoms with Crippen molar-refractivity contribution in [3.8, 4) is 11.5 Å². The first-order valence-corrected chi connectivity index (χ1v) is 6.83. The van der Waals surface area contributed by atoms with Crippen molar-refractivity contribution in [3.05, 3.63) is 52.3 Å². The van der Waals surface area contributed by atoms with Crippen molar-refractivity contribution in [1.29, 1.82) is 0 Å². The van der Waals surface area contributed by atoms with E-state index < -0.39 is 11.7 Å². The van der Waals surface area contributed by atoms with E-state index in [0.717, 1.165) is 0 Å². The van der Waals surface area contributed by atoms with Gasteiger partial charge in [0.25, 0.3) is 5.91 Å². The molecule has 2 aromatic rings. The Balaban J connectivity index is 2.25. The minimum Gasteiger partial charge on any atom is -0.497 e. The van der Waals surface area contributed by atoms with Crippen molar-refractivity contribution in [1.82, 2.24) is 0 Å². The van der Waals surface area contributed by atoms with E-state index in [0.29, 0.717) is 27.2 Å². The van der Waals surface area contributed by atoms with Crippen molar-refractivity contribution in [2.24, 2.45) is 0 Å². The molecule has 0 fully saturated rings. The molecule has 0 bridgehead atoms. The van der Waals surface area contributed by atoms with Crippen molar-refractivity contribution in [2.45, 2.75) is 0 Å². The second kappa shape index (κ2) is 6.58. The van der Waals surface area contributed by atoms with Crippen LogP contribution < -0.4 is 14.8 Å². The minimum absolute atomic E-state index is 0.335. The number of halogens is 2. The maximum atomic E-state index is 13.4. The number of ether oxygens (including phenoxy) is 2. The van der Waals surface area contributed by atoms with Crippen LogP contribution in [0.3, 0.4) is 0 Å². The Hall–Kier alpha value is -2.08. The van der Waals surface area contributed by atoms with Crippen molar-refractivity contribution in [2.75, 3.05) is 19.5 Å². The SMILES string of the molecule is COc1ccc(C(=O)Nc2ccc(Br)c(F)c2)c(OC)c1. The average Bonchev–Trinajstić information content (AvgIpc) is 2.50. The summed E-state index contributed by atoms with van der Waals surface area (Å²) in [4.78, 5) is 12.2. The monoisotopic (exact) mass is 353 g/mol. The summed E-state index contributed by atoms with van der Waals surface area (Å²) < 4.78 is 24.0. The molecule has 0 radical (unpaired) electrons. The molecular formula is C15H13BrFNO3. The highest BCUT2D eigenvalue weighted by Crippen LogP contribution is 2.26. The molecule has 2 aromatic carbocycles. The van der Waals surface area contributed by atoms with Crippen LogP contribution in [-0.2, 0) is 0 Å². The molecule has 0 spiro atoms. The fourth-order valence-corrected chi connectivity index (χ4v) is 2.01. The quantitative estimate of drug-likeness (QED) is 0.907. The maximum absolute atomic E-state index is 13.4. The number of hydrogen-bond acceptors (Lipinski definition) is 3. The first kappa shape index (κ1) is 15.3. The van der Waals surface area contributed by atoms with Gasteiger partial charge in [0.2, 0.25) is 0 Å². The van der Waals surface area contributed by atoms with Crippen molar-refractivity contribution >= 4 is 27.5 Å². The van der Waals surface area contributed by atoms with Crippen LogP contribution in [0.15, 0.2) is 40.9 Å². The lowest BCUT2D eigenvalue weighted by Crippen LogP contribution is -2.13. The normalized spacial score (nSPS) is 10.1. The van der Waals surface area contributed by atoms with Crippen molar-refractivity contribution in [3.63, 3.8) is 0 Å². The summed E-state index contributed by atoms with van der Waals surface area (Å²) in [6.45, 7) is 0. The van der Waals surface area contributed by atoms with Gasteiger partial charge < -0.3 is 14.8 Å². The lowest BCUT2D eigenvalue weighted by Gasteiger charge is -2.11. The number of carbonyl (C=O) groups is 1. The summed E-state index contributed by atoms with van der Waals surface area (Å²) in [7, 11) is 2.99. The van der Waals surface area contributed by atoms with Crippen LogP contribution in [0.2, 0.25) is 0 Å². The van der Waals surface area contributed by atoms with E-state index in [2.05, 4.69) is 21.2 Å². The lowest BCUT2D eigenvalue weighted by atomic mass is 10.1. The van der Waals surface area contributed by atoms with Crippen LogP contribution in [0.5, 0.6) is 11.5 Å². The van der Waals surface area contributed by atoms with E-state index in [4.69, 9.17) is 9.47 Å². The fraction of sp³-hybridized carbons (Fsp3) is 0.133. The van der Waals surface area contributed by atoms with E-state index in [1.807, 2.05) is 0 Å². The second-order valence-electron chi connectivity index (χ2n) is 4.15. The van der Waals surface area contributed by atoms with E-state index in [-0.39, 0.29) is 0 Å². The van der Waals surface area contributed by atoms with Crippen LogP contribution in [0.4, 0.5) is 10.1 Å². The van der Waals surface area contributed by atoms with Gasteiger partial charge in [-0.3, -0.25) is 4.79 Å². The highest BCUT2D eigenvalue weighted by atomic mass is 79.9. The molecule has 0 saturated heterocycles. The van der Waals surface area contributed by atoms with Gasteiger partial charge in [-0.2, -0.15) is 0 Å². The molecule has 0 saturated carbocycles. The van der Waals surface area contributed by atoms with E-state index in [1.54, 1.807) is 24.3 Å². The zero-order valence-corrected chi connectivity index (χ0v) is 13.0. The predicted octanol–water partition coefficient (Wildman–Crippen LogP) is 3.86. The molecule has 0 aromatic heterocycles. The summed E-state index contributed by atoms with van der Waals surface area (Å²) in [5, 5.41) is 2.62. The molecule has 1 N–H and O–H groups in total.